The van der Waals surface area contributed by atoms with E-state index in [0.29, 0.717) is 5.75 Å². The molecule has 0 N–H and O–H groups in total. The van der Waals surface area contributed by atoms with Crippen molar-refractivity contribution in [1.82, 2.24) is 24.2 Å². The number of piperidine rings is 1. The van der Waals surface area contributed by atoms with Gasteiger partial charge in [0, 0.05) is 29.2 Å². The highest BCUT2D eigenvalue weighted by Gasteiger charge is 2.21. The molecule has 0 spiro atoms. The Morgan fingerprint density at radius 1 is 1.06 bits per heavy atom. The maximum absolute atomic E-state index is 13.0. The molecule has 0 atom stereocenters. The van der Waals surface area contributed by atoms with Gasteiger partial charge < -0.3 is 4.57 Å². The Morgan fingerprint density at radius 2 is 1.81 bits per heavy atom. The molecule has 0 unspecified atom stereocenters. The van der Waals surface area contributed by atoms with E-state index < -0.39 is 0 Å². The van der Waals surface area contributed by atoms with Crippen molar-refractivity contribution in [3.63, 3.8) is 0 Å². The van der Waals surface area contributed by atoms with Gasteiger partial charge in [-0.25, -0.2) is 0 Å². The summed E-state index contributed by atoms with van der Waals surface area (Å²) in [4.78, 5) is 15.4. The number of aryl methyl sites for hydroxylation is 1. The van der Waals surface area contributed by atoms with Gasteiger partial charge in [0.05, 0.1) is 12.3 Å². The topological polar surface area (TPSA) is 56.0 Å². The monoisotopic (exact) mass is 437 g/mol. The lowest BCUT2D eigenvalue weighted by atomic mass is 10.1. The van der Waals surface area contributed by atoms with Gasteiger partial charge in [-0.1, -0.05) is 36.4 Å². The molecule has 1 aliphatic heterocycles. The van der Waals surface area contributed by atoms with E-state index >= 15 is 0 Å². The average Bonchev–Trinajstić information content (AvgIpc) is 3.32. The molecule has 0 bridgehead atoms. The summed E-state index contributed by atoms with van der Waals surface area (Å²) in [5.74, 6) is 1.42. The molecular formula is C24H31N5OS. The lowest BCUT2D eigenvalue weighted by Crippen LogP contribution is -2.30. The molecule has 6 nitrogen and oxygen atoms in total. The van der Waals surface area contributed by atoms with E-state index in [1.54, 1.807) is 0 Å². The van der Waals surface area contributed by atoms with Crippen molar-refractivity contribution >= 4 is 17.5 Å². The van der Waals surface area contributed by atoms with Crippen molar-refractivity contribution in [2.75, 3.05) is 18.8 Å². The van der Waals surface area contributed by atoms with Crippen LogP contribution in [0.2, 0.25) is 0 Å². The average molecular weight is 438 g/mol. The maximum Gasteiger partial charge on any atom is 0.196 e. The molecule has 2 aromatic heterocycles. The van der Waals surface area contributed by atoms with Crippen LogP contribution in [0.1, 0.15) is 53.8 Å². The van der Waals surface area contributed by atoms with Gasteiger partial charge in [-0.15, -0.1) is 10.2 Å². The van der Waals surface area contributed by atoms with E-state index in [1.165, 1.54) is 31.0 Å². The number of ketones is 1. The number of carbonyl (C=O) groups excluding carboxylic acids is 1. The molecule has 1 aliphatic rings. The smallest absolute Gasteiger partial charge is 0.196 e. The van der Waals surface area contributed by atoms with Gasteiger partial charge in [0.2, 0.25) is 0 Å². The van der Waals surface area contributed by atoms with Crippen LogP contribution >= 0.6 is 11.8 Å². The normalized spacial score (nSPS) is 14.8. The number of para-hydroxylation sites is 1. The number of carbonyl (C=O) groups is 1. The second kappa shape index (κ2) is 9.83. The van der Waals surface area contributed by atoms with Crippen molar-refractivity contribution < 1.29 is 4.79 Å². The highest BCUT2D eigenvalue weighted by Crippen LogP contribution is 2.25. The SMILES string of the molecule is CCn1c(C)cc(C(=O)CSc2nnc(CN3CCCCC3)n2-c2ccccc2)c1C. The first kappa shape index (κ1) is 21.8. The Balaban J connectivity index is 1.56. The van der Waals surface area contributed by atoms with E-state index in [-0.39, 0.29) is 5.78 Å². The Morgan fingerprint density at radius 3 is 2.48 bits per heavy atom. The quantitative estimate of drug-likeness (QED) is 0.379. The summed E-state index contributed by atoms with van der Waals surface area (Å²) in [5, 5.41) is 9.77. The van der Waals surface area contributed by atoms with E-state index in [0.717, 1.165) is 59.8 Å². The third-order valence-corrected chi connectivity index (χ3v) is 6.98. The predicted molar refractivity (Wildman–Crippen MR) is 125 cm³/mol. The van der Waals surface area contributed by atoms with Crippen LogP contribution in [0, 0.1) is 13.8 Å². The van der Waals surface area contributed by atoms with E-state index in [2.05, 4.69) is 50.2 Å². The summed E-state index contributed by atoms with van der Waals surface area (Å²) in [5.41, 5.74) is 4.02. The lowest BCUT2D eigenvalue weighted by Gasteiger charge is -2.26. The van der Waals surface area contributed by atoms with Crippen LogP contribution in [0.4, 0.5) is 0 Å². The zero-order valence-corrected chi connectivity index (χ0v) is 19.5. The molecule has 7 heteroatoms. The molecule has 31 heavy (non-hydrogen) atoms. The Kier molecular flexibility index (Phi) is 6.92. The van der Waals surface area contributed by atoms with E-state index in [1.807, 2.05) is 31.2 Å². The third kappa shape index (κ3) is 4.77. The molecule has 3 heterocycles. The summed E-state index contributed by atoms with van der Waals surface area (Å²) in [7, 11) is 0. The fourth-order valence-electron chi connectivity index (χ4n) is 4.43. The minimum Gasteiger partial charge on any atom is -0.349 e. The summed E-state index contributed by atoms with van der Waals surface area (Å²) in [6, 6.07) is 12.2. The predicted octanol–water partition coefficient (Wildman–Crippen LogP) is 4.67. The van der Waals surface area contributed by atoms with Crippen LogP contribution in [0.25, 0.3) is 5.69 Å². The minimum absolute atomic E-state index is 0.137. The third-order valence-electron chi connectivity index (χ3n) is 6.05. The van der Waals surface area contributed by atoms with Gasteiger partial charge in [0.25, 0.3) is 0 Å². The van der Waals surface area contributed by atoms with Crippen molar-refractivity contribution in [3.8, 4) is 5.69 Å². The molecule has 3 aromatic rings. The Hall–Kier alpha value is -2.38. The first-order valence-electron chi connectivity index (χ1n) is 11.1. The van der Waals surface area contributed by atoms with E-state index in [9.17, 15) is 4.79 Å². The van der Waals surface area contributed by atoms with Crippen LogP contribution in [-0.2, 0) is 13.1 Å². The summed E-state index contributed by atoms with van der Waals surface area (Å²) in [6.07, 6.45) is 3.79. The Labute approximate surface area is 188 Å². The largest absolute Gasteiger partial charge is 0.349 e. The molecule has 164 valence electrons. The first-order valence-corrected chi connectivity index (χ1v) is 12.1. The van der Waals surface area contributed by atoms with E-state index in [4.69, 9.17) is 0 Å². The van der Waals surface area contributed by atoms with Gasteiger partial charge >= 0.3 is 0 Å². The second-order valence-electron chi connectivity index (χ2n) is 8.15. The summed E-state index contributed by atoms with van der Waals surface area (Å²) >= 11 is 1.47. The van der Waals surface area contributed by atoms with Gasteiger partial charge in [-0.2, -0.15) is 0 Å². The molecule has 0 aliphatic carbocycles. The number of benzene rings is 1. The number of Topliss-reactive ketones (excluding diaryl/α,β-unsaturated/α-hetero) is 1. The fourth-order valence-corrected chi connectivity index (χ4v) is 5.28. The summed E-state index contributed by atoms with van der Waals surface area (Å²) in [6.45, 7) is 10.1. The van der Waals surface area contributed by atoms with Crippen LogP contribution in [-0.4, -0.2) is 48.9 Å². The maximum atomic E-state index is 13.0. The van der Waals surface area contributed by atoms with Crippen LogP contribution in [0.5, 0.6) is 0 Å². The van der Waals surface area contributed by atoms with Crippen LogP contribution in [0.3, 0.4) is 0 Å². The lowest BCUT2D eigenvalue weighted by molar-refractivity contribution is 0.102. The number of nitrogens with zero attached hydrogens (tertiary/aromatic N) is 5. The Bertz CT molecular complexity index is 1030. The summed E-state index contributed by atoms with van der Waals surface area (Å²) < 4.78 is 4.29. The molecule has 0 radical (unpaired) electrons. The van der Waals surface area contributed by atoms with Crippen LogP contribution in [0.15, 0.2) is 41.6 Å². The molecule has 1 fully saturated rings. The second-order valence-corrected chi connectivity index (χ2v) is 9.09. The van der Waals surface area contributed by atoms with Gasteiger partial charge in [-0.3, -0.25) is 14.3 Å². The molecule has 1 aromatic carbocycles. The van der Waals surface area contributed by atoms with Crippen molar-refractivity contribution in [2.45, 2.75) is 58.3 Å². The molecule has 1 saturated heterocycles. The highest BCUT2D eigenvalue weighted by atomic mass is 32.2. The fraction of sp³-hybridized carbons (Fsp3) is 0.458. The number of hydrogen-bond donors (Lipinski definition) is 0. The number of aromatic nitrogens is 4. The standard InChI is InChI=1S/C24H31N5OS/c1-4-28-18(2)15-21(19(28)3)22(30)17-31-24-26-25-23(16-27-13-9-6-10-14-27)29(24)20-11-7-5-8-12-20/h5,7-8,11-12,15H,4,6,9-10,13-14,16-17H2,1-3H3. The minimum atomic E-state index is 0.137. The first-order chi connectivity index (χ1) is 15.1. The molecule has 4 rings (SSSR count). The highest BCUT2D eigenvalue weighted by molar-refractivity contribution is 7.99. The van der Waals surface area contributed by atoms with Gasteiger partial charge in [0.15, 0.2) is 16.8 Å². The van der Waals surface area contributed by atoms with Gasteiger partial charge in [0.1, 0.15) is 0 Å². The zero-order valence-electron chi connectivity index (χ0n) is 18.7. The van der Waals surface area contributed by atoms with Crippen LogP contribution < -0.4 is 0 Å². The molecule has 0 amide bonds. The van der Waals surface area contributed by atoms with Crippen molar-refractivity contribution in [1.29, 1.82) is 0 Å². The van der Waals surface area contributed by atoms with Gasteiger partial charge in [-0.05, 0) is 64.9 Å². The number of hydrogen-bond acceptors (Lipinski definition) is 5. The number of thioether (sulfide) groups is 1. The number of rotatable bonds is 8. The molecule has 0 saturated carbocycles. The zero-order chi connectivity index (χ0) is 21.8. The molecular weight excluding hydrogens is 406 g/mol. The number of likely N-dealkylation sites (tertiary alicyclic amines) is 1. The van der Waals surface area contributed by atoms with Crippen molar-refractivity contribution in [3.05, 3.63) is 59.2 Å². The van der Waals surface area contributed by atoms with Crippen molar-refractivity contribution in [2.24, 2.45) is 0 Å².